The molecule has 4 rings (SSSR count). The summed E-state index contributed by atoms with van der Waals surface area (Å²) in [7, 11) is 1.59. The van der Waals surface area contributed by atoms with Gasteiger partial charge in [-0.05, 0) is 37.3 Å². The first-order valence-corrected chi connectivity index (χ1v) is 9.05. The van der Waals surface area contributed by atoms with Gasteiger partial charge in [0.2, 0.25) is 5.95 Å². The zero-order valence-electron chi connectivity index (χ0n) is 16.0. The number of aryl methyl sites for hydroxylation is 1. The Kier molecular flexibility index (Phi) is 5.03. The number of rotatable bonds is 5. The molecule has 0 fully saturated rings. The van der Waals surface area contributed by atoms with Gasteiger partial charge in [-0.15, -0.1) is 0 Å². The van der Waals surface area contributed by atoms with Crippen molar-refractivity contribution in [2.75, 3.05) is 17.7 Å². The molecule has 2 heterocycles. The molecule has 0 radical (unpaired) electrons. The van der Waals surface area contributed by atoms with Gasteiger partial charge in [0, 0.05) is 17.3 Å². The molecule has 0 saturated carbocycles. The number of para-hydroxylation sites is 3. The van der Waals surface area contributed by atoms with Crippen LogP contribution in [-0.2, 0) is 0 Å². The number of amides is 1. The third-order valence-corrected chi connectivity index (χ3v) is 4.32. The van der Waals surface area contributed by atoms with E-state index in [0.29, 0.717) is 28.8 Å². The lowest BCUT2D eigenvalue weighted by Gasteiger charge is -2.12. The SMILES string of the molecule is COc1ccccc1Nc1nc(C)cc(C(=O)Nc2cccc3cccnc23)n1. The second-order valence-electron chi connectivity index (χ2n) is 6.38. The van der Waals surface area contributed by atoms with Crippen molar-refractivity contribution in [3.05, 3.63) is 78.2 Å². The zero-order chi connectivity index (χ0) is 20.2. The van der Waals surface area contributed by atoms with Gasteiger partial charge in [0.05, 0.1) is 24.0 Å². The number of nitrogens with one attached hydrogen (secondary N) is 2. The summed E-state index contributed by atoms with van der Waals surface area (Å²) in [5.41, 5.74) is 2.98. The molecule has 29 heavy (non-hydrogen) atoms. The lowest BCUT2D eigenvalue weighted by atomic mass is 10.2. The van der Waals surface area contributed by atoms with Gasteiger partial charge in [0.25, 0.3) is 5.91 Å². The Morgan fingerprint density at radius 2 is 1.76 bits per heavy atom. The number of aromatic nitrogens is 3. The van der Waals surface area contributed by atoms with Crippen molar-refractivity contribution in [1.29, 1.82) is 0 Å². The van der Waals surface area contributed by atoms with Crippen LogP contribution >= 0.6 is 0 Å². The van der Waals surface area contributed by atoms with Crippen LogP contribution in [0, 0.1) is 6.92 Å². The normalized spacial score (nSPS) is 10.6. The van der Waals surface area contributed by atoms with E-state index in [1.54, 1.807) is 19.4 Å². The Morgan fingerprint density at radius 1 is 0.966 bits per heavy atom. The van der Waals surface area contributed by atoms with Gasteiger partial charge >= 0.3 is 0 Å². The molecule has 0 spiro atoms. The largest absolute Gasteiger partial charge is 0.495 e. The number of methoxy groups -OCH3 is 1. The number of nitrogens with zero attached hydrogens (tertiary/aromatic N) is 3. The molecule has 2 aromatic carbocycles. The van der Waals surface area contributed by atoms with Crippen LogP contribution in [0.25, 0.3) is 10.9 Å². The first-order valence-electron chi connectivity index (χ1n) is 9.05. The number of pyridine rings is 1. The summed E-state index contributed by atoms with van der Waals surface area (Å²) in [6.07, 6.45) is 1.70. The molecule has 0 unspecified atom stereocenters. The minimum Gasteiger partial charge on any atom is -0.495 e. The van der Waals surface area contributed by atoms with Crippen LogP contribution in [0.1, 0.15) is 16.2 Å². The summed E-state index contributed by atoms with van der Waals surface area (Å²) >= 11 is 0. The lowest BCUT2D eigenvalue weighted by molar-refractivity contribution is 0.102. The van der Waals surface area contributed by atoms with Crippen LogP contribution < -0.4 is 15.4 Å². The maximum Gasteiger partial charge on any atom is 0.274 e. The molecule has 4 aromatic rings. The molecule has 1 amide bonds. The highest BCUT2D eigenvalue weighted by molar-refractivity contribution is 6.07. The number of carbonyl (C=O) groups is 1. The Bertz CT molecular complexity index is 1190. The van der Waals surface area contributed by atoms with Gasteiger partial charge in [-0.1, -0.05) is 30.3 Å². The number of hydrogen-bond acceptors (Lipinski definition) is 6. The van der Waals surface area contributed by atoms with Crippen molar-refractivity contribution in [2.24, 2.45) is 0 Å². The van der Waals surface area contributed by atoms with Crippen LogP contribution in [0.15, 0.2) is 66.9 Å². The molecule has 0 saturated heterocycles. The van der Waals surface area contributed by atoms with Crippen LogP contribution in [0.5, 0.6) is 5.75 Å². The van der Waals surface area contributed by atoms with Crippen LogP contribution in [-0.4, -0.2) is 28.0 Å². The molecule has 0 aliphatic heterocycles. The molecule has 0 bridgehead atoms. The van der Waals surface area contributed by atoms with E-state index >= 15 is 0 Å². The van der Waals surface area contributed by atoms with Crippen molar-refractivity contribution >= 4 is 34.1 Å². The highest BCUT2D eigenvalue weighted by Gasteiger charge is 2.14. The molecule has 144 valence electrons. The molecule has 2 aromatic heterocycles. The van der Waals surface area contributed by atoms with E-state index in [9.17, 15) is 4.79 Å². The number of benzene rings is 2. The standard InChI is InChI=1S/C22H19N5O2/c1-14-13-18(27-22(24-14)26-16-9-3-4-11-19(16)29-2)21(28)25-17-10-5-7-15-8-6-12-23-20(15)17/h3-13H,1-2H3,(H,25,28)(H,24,26,27). The second-order valence-corrected chi connectivity index (χ2v) is 6.38. The van der Waals surface area contributed by atoms with Crippen LogP contribution in [0.4, 0.5) is 17.3 Å². The number of carbonyl (C=O) groups excluding carboxylic acids is 1. The van der Waals surface area contributed by atoms with Crippen molar-refractivity contribution < 1.29 is 9.53 Å². The maximum atomic E-state index is 12.9. The van der Waals surface area contributed by atoms with Gasteiger partial charge < -0.3 is 15.4 Å². The Labute approximate surface area is 167 Å². The van der Waals surface area contributed by atoms with E-state index in [0.717, 1.165) is 10.9 Å². The third-order valence-electron chi connectivity index (χ3n) is 4.32. The summed E-state index contributed by atoms with van der Waals surface area (Å²) in [5, 5.41) is 6.96. The molecule has 0 aliphatic rings. The van der Waals surface area contributed by atoms with E-state index in [-0.39, 0.29) is 11.6 Å². The monoisotopic (exact) mass is 385 g/mol. The molecular weight excluding hydrogens is 366 g/mol. The Hall–Kier alpha value is -4.00. The zero-order valence-corrected chi connectivity index (χ0v) is 16.0. The summed E-state index contributed by atoms with van der Waals surface area (Å²) in [4.78, 5) is 26.0. The molecular formula is C22H19N5O2. The first-order chi connectivity index (χ1) is 14.1. The minimum atomic E-state index is -0.336. The van der Waals surface area contributed by atoms with Crippen molar-refractivity contribution in [2.45, 2.75) is 6.92 Å². The molecule has 0 atom stereocenters. The molecule has 7 heteroatoms. The summed E-state index contributed by atoms with van der Waals surface area (Å²) in [5.74, 6) is 0.637. The highest BCUT2D eigenvalue weighted by Crippen LogP contribution is 2.26. The van der Waals surface area contributed by atoms with E-state index in [2.05, 4.69) is 25.6 Å². The van der Waals surface area contributed by atoms with Gasteiger partial charge in [-0.2, -0.15) is 0 Å². The van der Waals surface area contributed by atoms with Gasteiger partial charge in [0.1, 0.15) is 11.4 Å². The number of hydrogen-bond donors (Lipinski definition) is 2. The molecule has 2 N–H and O–H groups in total. The fourth-order valence-electron chi connectivity index (χ4n) is 3.00. The van der Waals surface area contributed by atoms with Crippen LogP contribution in [0.3, 0.4) is 0 Å². The van der Waals surface area contributed by atoms with E-state index in [1.165, 1.54) is 0 Å². The fraction of sp³-hybridized carbons (Fsp3) is 0.0909. The molecule has 7 nitrogen and oxygen atoms in total. The average Bonchev–Trinajstić information content (AvgIpc) is 2.74. The average molecular weight is 385 g/mol. The van der Waals surface area contributed by atoms with Crippen molar-refractivity contribution in [1.82, 2.24) is 15.0 Å². The summed E-state index contributed by atoms with van der Waals surface area (Å²) in [6, 6.07) is 18.5. The summed E-state index contributed by atoms with van der Waals surface area (Å²) < 4.78 is 5.34. The third kappa shape index (κ3) is 3.98. The van der Waals surface area contributed by atoms with E-state index in [4.69, 9.17) is 4.74 Å². The van der Waals surface area contributed by atoms with Crippen LogP contribution in [0.2, 0.25) is 0 Å². The van der Waals surface area contributed by atoms with E-state index < -0.39 is 0 Å². The number of ether oxygens (including phenoxy) is 1. The highest BCUT2D eigenvalue weighted by atomic mass is 16.5. The van der Waals surface area contributed by atoms with Gasteiger partial charge in [-0.25, -0.2) is 9.97 Å². The van der Waals surface area contributed by atoms with E-state index in [1.807, 2.05) is 61.5 Å². The van der Waals surface area contributed by atoms with Crippen molar-refractivity contribution in [3.8, 4) is 5.75 Å². The minimum absolute atomic E-state index is 0.253. The maximum absolute atomic E-state index is 12.9. The Morgan fingerprint density at radius 3 is 2.62 bits per heavy atom. The lowest BCUT2D eigenvalue weighted by Crippen LogP contribution is -2.16. The first kappa shape index (κ1) is 18.4. The second kappa shape index (κ2) is 7.93. The van der Waals surface area contributed by atoms with Crippen molar-refractivity contribution in [3.63, 3.8) is 0 Å². The quantitative estimate of drug-likeness (QED) is 0.531. The predicted octanol–water partition coefficient (Wildman–Crippen LogP) is 4.34. The predicted molar refractivity (Wildman–Crippen MR) is 113 cm³/mol. The fourth-order valence-corrected chi connectivity index (χ4v) is 3.00. The number of anilines is 3. The smallest absolute Gasteiger partial charge is 0.274 e. The molecule has 0 aliphatic carbocycles. The summed E-state index contributed by atoms with van der Waals surface area (Å²) in [6.45, 7) is 1.81. The number of fused-ring (bicyclic) bond motifs is 1. The van der Waals surface area contributed by atoms with Gasteiger partial charge in [0.15, 0.2) is 0 Å². The Balaban J connectivity index is 1.62. The topological polar surface area (TPSA) is 89.0 Å². The van der Waals surface area contributed by atoms with Gasteiger partial charge in [-0.3, -0.25) is 9.78 Å².